The molecule has 0 saturated heterocycles. The van der Waals surface area contributed by atoms with Crippen LogP contribution in [0.5, 0.6) is 0 Å². The number of carbonyl (C=O) groups excluding carboxylic acids is 1. The quantitative estimate of drug-likeness (QED) is 0.484. The maximum absolute atomic E-state index is 10.7. The van der Waals surface area contributed by atoms with Crippen molar-refractivity contribution >= 4 is 17.6 Å². The zero-order valence-electron chi connectivity index (χ0n) is 5.32. The lowest BCUT2D eigenvalue weighted by atomic mass is 10.3. The fraction of sp³-hybridized carbons (Fsp3) is 0. The van der Waals surface area contributed by atoms with Crippen molar-refractivity contribution in [1.29, 1.82) is 0 Å². The smallest absolute Gasteiger partial charge is 0.361 e. The van der Waals surface area contributed by atoms with Crippen LogP contribution in [0.1, 0.15) is 10.4 Å². The molecule has 5 nitrogen and oxygen atoms in total. The van der Waals surface area contributed by atoms with Crippen molar-refractivity contribution in [1.82, 2.24) is 9.97 Å². The molecule has 0 unspecified atom stereocenters. The monoisotopic (exact) mass is 173 g/mol. The Morgan fingerprint density at radius 3 is 3.00 bits per heavy atom. The van der Waals surface area contributed by atoms with Crippen LogP contribution in [0.25, 0.3) is 0 Å². The average molecular weight is 174 g/mol. The van der Waals surface area contributed by atoms with E-state index in [0.29, 0.717) is 0 Å². The van der Waals surface area contributed by atoms with Gasteiger partial charge in [0.25, 0.3) is 0 Å². The molecule has 1 heterocycles. The van der Waals surface area contributed by atoms with E-state index < -0.39 is 5.97 Å². The molecule has 0 atom stereocenters. The zero-order valence-corrected chi connectivity index (χ0v) is 6.08. The molecule has 0 aliphatic heterocycles. The van der Waals surface area contributed by atoms with Crippen molar-refractivity contribution < 1.29 is 9.63 Å². The summed E-state index contributed by atoms with van der Waals surface area (Å²) >= 11 is 5.49. The van der Waals surface area contributed by atoms with E-state index >= 15 is 0 Å². The Labute approximate surface area is 67.1 Å². The highest BCUT2D eigenvalue weighted by Crippen LogP contribution is 2.09. The van der Waals surface area contributed by atoms with Gasteiger partial charge in [-0.3, -0.25) is 0 Å². The second-order valence-electron chi connectivity index (χ2n) is 1.63. The molecule has 1 aromatic heterocycles. The number of nitrogens with zero attached hydrogens (tertiary/aromatic N) is 2. The van der Waals surface area contributed by atoms with Gasteiger partial charge in [-0.05, 0) is 0 Å². The van der Waals surface area contributed by atoms with Crippen LogP contribution < -0.4 is 5.90 Å². The Bertz CT molecular complexity index is 278. The largest absolute Gasteiger partial charge is 0.370 e. The maximum atomic E-state index is 10.7. The summed E-state index contributed by atoms with van der Waals surface area (Å²) in [4.78, 5) is 21.7. The van der Waals surface area contributed by atoms with E-state index in [9.17, 15) is 4.79 Å². The molecule has 0 amide bonds. The van der Waals surface area contributed by atoms with Gasteiger partial charge in [0.05, 0.1) is 0 Å². The number of carbonyl (C=O) groups is 1. The highest BCUT2D eigenvalue weighted by atomic mass is 35.5. The number of aromatic nitrogens is 2. The van der Waals surface area contributed by atoms with Gasteiger partial charge in [0.2, 0.25) is 0 Å². The Morgan fingerprint density at radius 1 is 1.73 bits per heavy atom. The second-order valence-corrected chi connectivity index (χ2v) is 1.99. The Balaban J connectivity index is 3.03. The van der Waals surface area contributed by atoms with E-state index in [1.807, 2.05) is 0 Å². The van der Waals surface area contributed by atoms with Crippen molar-refractivity contribution in [3.63, 3.8) is 0 Å². The fourth-order valence-corrected chi connectivity index (χ4v) is 0.685. The van der Waals surface area contributed by atoms with Crippen LogP contribution in [0, 0.1) is 0 Å². The first kappa shape index (κ1) is 7.90. The third-order valence-corrected chi connectivity index (χ3v) is 1.29. The number of hydrogen-bond donors (Lipinski definition) is 1. The Morgan fingerprint density at radius 2 is 2.45 bits per heavy atom. The van der Waals surface area contributed by atoms with Gasteiger partial charge in [-0.1, -0.05) is 11.6 Å². The Hall–Kier alpha value is -1.20. The van der Waals surface area contributed by atoms with Crippen molar-refractivity contribution in [2.75, 3.05) is 0 Å². The third kappa shape index (κ3) is 1.63. The van der Waals surface area contributed by atoms with Gasteiger partial charge in [0.15, 0.2) is 0 Å². The summed E-state index contributed by atoms with van der Waals surface area (Å²) in [5.74, 6) is 3.86. The molecule has 0 aliphatic rings. The average Bonchev–Trinajstić information content (AvgIpc) is 2.04. The van der Waals surface area contributed by atoms with Crippen LogP contribution in [0.2, 0.25) is 5.15 Å². The molecular weight excluding hydrogens is 170 g/mol. The predicted molar refractivity (Wildman–Crippen MR) is 36.6 cm³/mol. The van der Waals surface area contributed by atoms with E-state index in [1.54, 1.807) is 0 Å². The first-order chi connectivity index (χ1) is 5.25. The predicted octanol–water partition coefficient (Wildman–Crippen LogP) is 0.160. The van der Waals surface area contributed by atoms with Gasteiger partial charge in [0, 0.05) is 6.20 Å². The summed E-state index contributed by atoms with van der Waals surface area (Å²) in [5, 5.41) is 0.0236. The summed E-state index contributed by atoms with van der Waals surface area (Å²) in [6.45, 7) is 0. The van der Waals surface area contributed by atoms with Crippen LogP contribution in [0.3, 0.4) is 0 Å². The normalized spacial score (nSPS) is 9.27. The minimum atomic E-state index is -0.754. The highest BCUT2D eigenvalue weighted by molar-refractivity contribution is 6.32. The second kappa shape index (κ2) is 3.27. The van der Waals surface area contributed by atoms with Gasteiger partial charge >= 0.3 is 5.97 Å². The SMILES string of the molecule is NOC(=O)c1cncnc1Cl. The van der Waals surface area contributed by atoms with Crippen molar-refractivity contribution in [3.05, 3.63) is 23.2 Å². The van der Waals surface area contributed by atoms with E-state index in [1.165, 1.54) is 12.5 Å². The highest BCUT2D eigenvalue weighted by Gasteiger charge is 2.10. The van der Waals surface area contributed by atoms with Crippen LogP contribution >= 0.6 is 11.6 Å². The third-order valence-electron chi connectivity index (χ3n) is 0.991. The lowest BCUT2D eigenvalue weighted by Crippen LogP contribution is -2.11. The van der Waals surface area contributed by atoms with Gasteiger partial charge in [-0.15, -0.1) is 0 Å². The Kier molecular flexibility index (Phi) is 2.35. The molecule has 0 fully saturated rings. The molecule has 0 aromatic carbocycles. The molecule has 1 aromatic rings. The molecule has 2 N–H and O–H groups in total. The number of hydrogen-bond acceptors (Lipinski definition) is 5. The summed E-state index contributed by atoms with van der Waals surface area (Å²) in [7, 11) is 0. The zero-order chi connectivity index (χ0) is 8.27. The van der Waals surface area contributed by atoms with Gasteiger partial charge < -0.3 is 4.84 Å². The lowest BCUT2D eigenvalue weighted by Gasteiger charge is -1.96. The topological polar surface area (TPSA) is 78.1 Å². The van der Waals surface area contributed by atoms with Crippen LogP contribution in [0.4, 0.5) is 0 Å². The molecule has 0 spiro atoms. The molecule has 1 rings (SSSR count). The van der Waals surface area contributed by atoms with Gasteiger partial charge in [-0.25, -0.2) is 14.8 Å². The van der Waals surface area contributed by atoms with E-state index in [4.69, 9.17) is 11.6 Å². The summed E-state index contributed by atoms with van der Waals surface area (Å²) < 4.78 is 0. The summed E-state index contributed by atoms with van der Waals surface area (Å²) in [5.41, 5.74) is 0.0525. The molecule has 6 heteroatoms. The molecule has 0 saturated carbocycles. The number of nitrogens with two attached hydrogens (primary N) is 1. The summed E-state index contributed by atoms with van der Waals surface area (Å²) in [6.07, 6.45) is 2.44. The van der Waals surface area contributed by atoms with Crippen molar-refractivity contribution in [2.45, 2.75) is 0 Å². The van der Waals surface area contributed by atoms with Gasteiger partial charge in [-0.2, -0.15) is 5.90 Å². The van der Waals surface area contributed by atoms with Crippen LogP contribution in [0.15, 0.2) is 12.5 Å². The first-order valence-corrected chi connectivity index (χ1v) is 3.00. The number of rotatable bonds is 1. The van der Waals surface area contributed by atoms with Crippen molar-refractivity contribution in [3.8, 4) is 0 Å². The van der Waals surface area contributed by atoms with Crippen LogP contribution in [-0.2, 0) is 4.84 Å². The standard InChI is InChI=1S/C5H4ClN3O2/c6-4-3(5(10)11-7)1-8-2-9-4/h1-2H,7H2. The maximum Gasteiger partial charge on any atom is 0.361 e. The minimum absolute atomic E-state index is 0.0236. The molecule has 11 heavy (non-hydrogen) atoms. The lowest BCUT2D eigenvalue weighted by molar-refractivity contribution is 0.0502. The fourth-order valence-electron chi connectivity index (χ4n) is 0.515. The molecule has 58 valence electrons. The van der Waals surface area contributed by atoms with Crippen LogP contribution in [-0.4, -0.2) is 15.9 Å². The molecule has 0 aliphatic carbocycles. The first-order valence-electron chi connectivity index (χ1n) is 2.62. The van der Waals surface area contributed by atoms with E-state index in [2.05, 4.69) is 20.7 Å². The van der Waals surface area contributed by atoms with E-state index in [-0.39, 0.29) is 10.7 Å². The molecule has 0 bridgehead atoms. The number of halogens is 1. The summed E-state index contributed by atoms with van der Waals surface area (Å²) in [6, 6.07) is 0. The molecular formula is C5H4ClN3O2. The van der Waals surface area contributed by atoms with E-state index in [0.717, 1.165) is 0 Å². The van der Waals surface area contributed by atoms with Gasteiger partial charge in [0.1, 0.15) is 17.0 Å². The minimum Gasteiger partial charge on any atom is -0.370 e. The van der Waals surface area contributed by atoms with Crippen molar-refractivity contribution in [2.24, 2.45) is 5.90 Å². The molecule has 0 radical (unpaired) electrons.